The number of hydrogen-bond donors (Lipinski definition) is 4. The lowest BCUT2D eigenvalue weighted by atomic mass is 10.1. The van der Waals surface area contributed by atoms with Gasteiger partial charge in [0.25, 0.3) is 10.5 Å². The van der Waals surface area contributed by atoms with E-state index >= 15 is 0 Å². The highest BCUT2D eigenvalue weighted by Crippen LogP contribution is 2.18. The molecule has 80 heavy (non-hydrogen) atoms. The number of carboxylic acid groups (broad SMARTS) is 3. The van der Waals surface area contributed by atoms with Gasteiger partial charge in [0.2, 0.25) is 0 Å². The molecule has 5 N–H and O–H groups in total. The van der Waals surface area contributed by atoms with Crippen LogP contribution in [0.2, 0.25) is 0 Å². The summed E-state index contributed by atoms with van der Waals surface area (Å²) in [5.74, 6) is -2.87. The molecule has 0 saturated heterocycles. The zero-order valence-electron chi connectivity index (χ0n) is 41.4. The molecule has 0 fully saturated rings. The molecule has 0 aromatic heterocycles. The average Bonchev–Trinajstić information content (AvgIpc) is 3.46. The predicted molar refractivity (Wildman–Crippen MR) is 312 cm³/mol. The van der Waals surface area contributed by atoms with Crippen molar-refractivity contribution in [1.29, 1.82) is 0 Å². The van der Waals surface area contributed by atoms with Crippen LogP contribution in [-0.4, -0.2) is 89.9 Å². The van der Waals surface area contributed by atoms with Crippen LogP contribution in [0.4, 0.5) is 28.4 Å². The molecule has 0 spiro atoms. The number of aldehydes is 2. The molecule has 8 aromatic rings. The van der Waals surface area contributed by atoms with E-state index in [-0.39, 0.29) is 16.7 Å². The molecule has 404 valence electrons. The van der Waals surface area contributed by atoms with E-state index in [4.69, 9.17) is 53.0 Å². The van der Waals surface area contributed by atoms with Crippen LogP contribution in [-0.2, 0) is 10.3 Å². The summed E-state index contributed by atoms with van der Waals surface area (Å²) in [7, 11) is 1.80. The Labute approximate surface area is 474 Å². The van der Waals surface area contributed by atoms with E-state index in [2.05, 4.69) is 30.7 Å². The fraction of sp³-hybridized carbons (Fsp3) is 0. The number of hydrogen-bond acceptors (Lipinski definition) is 14. The zero-order chi connectivity index (χ0) is 58.4. The van der Waals surface area contributed by atoms with Crippen molar-refractivity contribution in [2.45, 2.75) is 0 Å². The van der Waals surface area contributed by atoms with E-state index in [1.807, 2.05) is 48.5 Å². The van der Waals surface area contributed by atoms with Gasteiger partial charge in [0, 0.05) is 63.1 Å². The molecule has 0 heterocycles. The van der Waals surface area contributed by atoms with Crippen LogP contribution >= 0.6 is 33.9 Å². The number of aromatic carboxylic acids is 3. The zero-order valence-corrected chi connectivity index (χ0v) is 44.4. The molecule has 0 bridgehead atoms. The first-order valence-electron chi connectivity index (χ1n) is 22.8. The second-order valence-electron chi connectivity index (χ2n) is 15.7. The van der Waals surface area contributed by atoms with Crippen molar-refractivity contribution in [1.82, 2.24) is 0 Å². The highest BCUT2D eigenvalue weighted by molar-refractivity contribution is 8.03. The molecule has 0 aliphatic heterocycles. The van der Waals surface area contributed by atoms with E-state index in [1.54, 1.807) is 134 Å². The Morgan fingerprint density at radius 3 is 0.838 bits per heavy atom. The van der Waals surface area contributed by atoms with Gasteiger partial charge >= 0.3 is 17.9 Å². The molecule has 0 amide bonds. The topological polar surface area (TPSA) is 296 Å². The van der Waals surface area contributed by atoms with Crippen LogP contribution in [0.1, 0.15) is 94.8 Å². The summed E-state index contributed by atoms with van der Waals surface area (Å²) in [5, 5.41) is 25.3. The van der Waals surface area contributed by atoms with Crippen molar-refractivity contribution in [3.63, 3.8) is 0 Å². The summed E-state index contributed by atoms with van der Waals surface area (Å²) in [5.41, 5.74) is 14.8. The van der Waals surface area contributed by atoms with E-state index in [0.717, 1.165) is 33.6 Å². The molecule has 1 unspecified atom stereocenters. The summed E-state index contributed by atoms with van der Waals surface area (Å²) in [6.45, 7) is 0. The second kappa shape index (κ2) is 33.5. The molecular weight excluding hydrogens is 1110 g/mol. The summed E-state index contributed by atoms with van der Waals surface area (Å²) in [4.78, 5) is 91.9. The van der Waals surface area contributed by atoms with Crippen LogP contribution < -0.4 is 5.73 Å². The van der Waals surface area contributed by atoms with Gasteiger partial charge in [0.15, 0.2) is 0 Å². The number of carbonyl (C=O) groups is 7. The Morgan fingerprint density at radius 2 is 0.613 bits per heavy atom. The Bertz CT molecular complexity index is 3190. The molecule has 0 aliphatic rings. The van der Waals surface area contributed by atoms with Gasteiger partial charge in [-0.3, -0.25) is 43.4 Å². The lowest BCUT2D eigenvalue weighted by Crippen LogP contribution is -1.95. The second-order valence-corrected chi connectivity index (χ2v) is 17.6. The highest BCUT2D eigenvalue weighted by atomic mass is 35.7. The van der Waals surface area contributed by atoms with E-state index in [1.165, 1.54) is 36.4 Å². The molecule has 21 heteroatoms. The van der Waals surface area contributed by atoms with Crippen LogP contribution in [0.3, 0.4) is 0 Å². The monoisotopic (exact) mass is 1150 g/mol. The van der Waals surface area contributed by atoms with Crippen LogP contribution in [0.25, 0.3) is 0 Å². The van der Waals surface area contributed by atoms with Gasteiger partial charge in [-0.05, 0) is 196 Å². The molecule has 8 rings (SSSR count). The van der Waals surface area contributed by atoms with E-state index in [0.29, 0.717) is 51.9 Å². The van der Waals surface area contributed by atoms with Gasteiger partial charge in [-0.2, -0.15) is 0 Å². The number of aliphatic imine (C=N–C) groups is 4. The number of benzene rings is 8. The summed E-state index contributed by atoms with van der Waals surface area (Å²) in [6, 6.07) is 53.9. The largest absolute Gasteiger partial charge is 0.760 e. The van der Waals surface area contributed by atoms with Crippen molar-refractivity contribution in [2.24, 2.45) is 20.0 Å². The Balaban J connectivity index is 0.000000246. The minimum Gasteiger partial charge on any atom is -0.760 e. The SMILES string of the molecule is Nc1ccc(C(=O)O)cc1.O=C(Cl)c1ccc(N=Cc2cccc(C=Nc3ccc(C(=O)Cl)cc3)c2)cc1.O=C(O)c1ccc(N=Cc2cccc(C=Nc3ccc(C(=O)O)cc3)c2)cc1.O=Cc1cccc(C=O)c1.O=S([O-])Cl. The predicted octanol–water partition coefficient (Wildman–Crippen LogP) is 12.8. The highest BCUT2D eigenvalue weighted by Gasteiger charge is 2.05. The fourth-order valence-electron chi connectivity index (χ4n) is 6.10. The smallest absolute Gasteiger partial charge is 0.335 e. The summed E-state index contributed by atoms with van der Waals surface area (Å²) < 4.78 is 17.5. The molecule has 17 nitrogen and oxygen atoms in total. The maximum Gasteiger partial charge on any atom is 0.335 e. The van der Waals surface area contributed by atoms with E-state index in [9.17, 15) is 33.6 Å². The first-order valence-corrected chi connectivity index (χ1v) is 25.5. The third-order valence-electron chi connectivity index (χ3n) is 10.0. The lowest BCUT2D eigenvalue weighted by molar-refractivity contribution is 0.0686. The Morgan fingerprint density at radius 1 is 0.400 bits per heavy atom. The van der Waals surface area contributed by atoms with Crippen LogP contribution in [0.15, 0.2) is 214 Å². The van der Waals surface area contributed by atoms with Gasteiger partial charge in [-0.25, -0.2) is 14.4 Å². The average molecular weight is 1150 g/mol. The number of nitrogens with two attached hydrogens (primary N) is 1. The minimum absolute atomic E-state index is 0.216. The van der Waals surface area contributed by atoms with Gasteiger partial charge in [-0.15, -0.1) is 0 Å². The van der Waals surface area contributed by atoms with Gasteiger partial charge < -0.3 is 25.6 Å². The van der Waals surface area contributed by atoms with Crippen molar-refractivity contribution < 1.29 is 57.6 Å². The van der Waals surface area contributed by atoms with Crippen molar-refractivity contribution in [3.8, 4) is 0 Å². The number of nitrogens with zero attached hydrogens (tertiary/aromatic N) is 4. The van der Waals surface area contributed by atoms with Gasteiger partial charge in [0.1, 0.15) is 12.6 Å². The third kappa shape index (κ3) is 23.7. The quantitative estimate of drug-likeness (QED) is 0.0244. The van der Waals surface area contributed by atoms with Crippen molar-refractivity contribution in [3.05, 3.63) is 255 Å². The molecule has 0 radical (unpaired) electrons. The minimum atomic E-state index is -2.39. The number of halogens is 3. The first kappa shape index (κ1) is 62.8. The fourth-order valence-corrected chi connectivity index (χ4v) is 6.36. The maximum absolute atomic E-state index is 11.1. The molecule has 1 atom stereocenters. The van der Waals surface area contributed by atoms with Gasteiger partial charge in [-0.1, -0.05) is 54.6 Å². The molecular formula is C59H43Cl3N5O12S-. The number of nitrogen functional groups attached to an aromatic ring is 1. The molecule has 8 aromatic carbocycles. The van der Waals surface area contributed by atoms with Gasteiger partial charge in [0.05, 0.1) is 39.4 Å². The summed E-state index contributed by atoms with van der Waals surface area (Å²) in [6.07, 6.45) is 8.27. The summed E-state index contributed by atoms with van der Waals surface area (Å²) >= 11 is 10.9. The Hall–Kier alpha value is -9.69. The van der Waals surface area contributed by atoms with Crippen molar-refractivity contribution >= 4 is 138 Å². The number of anilines is 1. The van der Waals surface area contributed by atoms with E-state index < -0.39 is 38.7 Å². The Kier molecular flexibility index (Phi) is 26.3. The molecule has 0 aliphatic carbocycles. The number of rotatable bonds is 15. The maximum atomic E-state index is 11.1. The number of carbonyl (C=O) groups excluding carboxylic acids is 4. The number of carboxylic acids is 3. The van der Waals surface area contributed by atoms with Crippen LogP contribution in [0.5, 0.6) is 0 Å². The third-order valence-corrected chi connectivity index (χ3v) is 10.5. The van der Waals surface area contributed by atoms with Crippen molar-refractivity contribution in [2.75, 3.05) is 5.73 Å². The molecule has 0 saturated carbocycles. The normalized spacial score (nSPS) is 10.8. The van der Waals surface area contributed by atoms with Crippen LogP contribution in [0, 0.1) is 0 Å². The first-order chi connectivity index (χ1) is 38.3. The standard InChI is InChI=1S/C22H14Cl2N2O2.C22H16N2O4.C8H6O2.C7H7NO2.ClHO2S/c23-21(27)17-4-8-19(9-5-17)25-13-15-2-1-3-16(12-15)14-26-20-10-6-18(7-11-20)22(24)28;25-21(26)17-4-8-19(9-5-17)23-13-15-2-1-3-16(12-15)14-24-20-10-6-18(7-11-20)22(27)28;9-5-7-2-1-3-8(4-7)6-10;8-6-3-1-5(2-4-6)7(9)10;1-4(2)3/h1-14H;1-14H,(H,25,26)(H,27,28);1-6H;1-4H,8H2,(H,9,10);(H,2,3)/p-1. The lowest BCUT2D eigenvalue weighted by Gasteiger charge is -1.99.